The number of aliphatic hydroxyl groups excluding tert-OH is 1. The fourth-order valence-electron chi connectivity index (χ4n) is 3.64. The first-order chi connectivity index (χ1) is 17.0. The van der Waals surface area contributed by atoms with Crippen LogP contribution in [0.3, 0.4) is 0 Å². The Labute approximate surface area is 204 Å². The quantitative estimate of drug-likeness (QED) is 0.183. The van der Waals surface area contributed by atoms with Crippen LogP contribution in [0.1, 0.15) is 24.0 Å². The first-order valence-electron chi connectivity index (χ1n) is 10.7. The zero-order valence-corrected chi connectivity index (χ0v) is 18.7. The molecule has 1 aliphatic carbocycles. The average Bonchev–Trinajstić information content (AvgIpc) is 2.81. The highest BCUT2D eigenvalue weighted by molar-refractivity contribution is 5.88. The van der Waals surface area contributed by atoms with Crippen LogP contribution in [0.15, 0.2) is 54.6 Å². The Morgan fingerprint density at radius 3 is 2.11 bits per heavy atom. The van der Waals surface area contributed by atoms with Gasteiger partial charge in [-0.25, -0.2) is 14.4 Å². The first kappa shape index (κ1) is 26.3. The van der Waals surface area contributed by atoms with Gasteiger partial charge in [0.1, 0.15) is 11.9 Å². The number of aliphatic carboxylic acids is 1. The molecule has 4 atom stereocenters. The lowest BCUT2D eigenvalue weighted by atomic mass is 9.79. The number of benzene rings is 2. The number of carbonyl (C=O) groups excluding carboxylic acids is 2. The van der Waals surface area contributed by atoms with Crippen LogP contribution < -0.4 is 0 Å². The molecule has 190 valence electrons. The molecule has 36 heavy (non-hydrogen) atoms. The fraction of sp³-hybridized carbons (Fsp3) is 0.240. The molecule has 1 fully saturated rings. The summed E-state index contributed by atoms with van der Waals surface area (Å²) in [5, 5.41) is 58.6. The molecule has 0 spiro atoms. The van der Waals surface area contributed by atoms with Crippen molar-refractivity contribution in [3.63, 3.8) is 0 Å². The van der Waals surface area contributed by atoms with E-state index in [0.717, 1.165) is 12.2 Å². The van der Waals surface area contributed by atoms with E-state index in [0.29, 0.717) is 11.1 Å². The summed E-state index contributed by atoms with van der Waals surface area (Å²) in [6.07, 6.45) is -1.49. The summed E-state index contributed by atoms with van der Waals surface area (Å²) in [4.78, 5) is 36.3. The Morgan fingerprint density at radius 1 is 0.861 bits per heavy atom. The molecule has 1 saturated carbocycles. The molecule has 0 bridgehead atoms. The lowest BCUT2D eigenvalue weighted by Crippen LogP contribution is -2.58. The number of rotatable bonds is 7. The molecule has 0 unspecified atom stereocenters. The van der Waals surface area contributed by atoms with E-state index in [1.165, 1.54) is 42.5 Å². The smallest absolute Gasteiger partial charge is 0.335 e. The van der Waals surface area contributed by atoms with Crippen molar-refractivity contribution in [1.29, 1.82) is 0 Å². The highest BCUT2D eigenvalue weighted by Crippen LogP contribution is 2.33. The predicted octanol–water partition coefficient (Wildman–Crippen LogP) is 1.32. The van der Waals surface area contributed by atoms with Crippen LogP contribution in [0.25, 0.3) is 12.2 Å². The summed E-state index contributed by atoms with van der Waals surface area (Å²) in [7, 11) is 0. The minimum absolute atomic E-state index is 0.0324. The summed E-state index contributed by atoms with van der Waals surface area (Å²) >= 11 is 0. The van der Waals surface area contributed by atoms with Crippen LogP contribution in [0, 0.1) is 0 Å². The number of aliphatic hydroxyl groups is 2. The largest absolute Gasteiger partial charge is 0.508 e. The van der Waals surface area contributed by atoms with E-state index < -0.39 is 60.4 Å². The number of phenols is 3. The molecule has 2 aromatic carbocycles. The molecular formula is C25H24O11. The van der Waals surface area contributed by atoms with E-state index in [-0.39, 0.29) is 11.5 Å². The third-order valence-electron chi connectivity index (χ3n) is 5.44. The van der Waals surface area contributed by atoms with Crippen molar-refractivity contribution < 1.29 is 54.5 Å². The molecule has 0 heterocycles. The number of carbonyl (C=O) groups is 3. The number of aromatic hydroxyl groups is 3. The molecule has 0 aromatic heterocycles. The van der Waals surface area contributed by atoms with Gasteiger partial charge in [-0.3, -0.25) is 0 Å². The van der Waals surface area contributed by atoms with Gasteiger partial charge in [0.15, 0.2) is 23.2 Å². The van der Waals surface area contributed by atoms with Gasteiger partial charge in [-0.1, -0.05) is 18.2 Å². The summed E-state index contributed by atoms with van der Waals surface area (Å²) in [6, 6.07) is 9.76. The Kier molecular flexibility index (Phi) is 7.97. The van der Waals surface area contributed by atoms with Gasteiger partial charge < -0.3 is 40.1 Å². The van der Waals surface area contributed by atoms with Crippen LogP contribution in [0.2, 0.25) is 0 Å². The zero-order valence-electron chi connectivity index (χ0n) is 18.7. The maximum atomic E-state index is 12.4. The van der Waals surface area contributed by atoms with Crippen LogP contribution >= 0.6 is 0 Å². The fourth-order valence-corrected chi connectivity index (χ4v) is 3.64. The van der Waals surface area contributed by atoms with Crippen molar-refractivity contribution in [2.75, 3.05) is 0 Å². The predicted molar refractivity (Wildman–Crippen MR) is 124 cm³/mol. The van der Waals surface area contributed by atoms with Crippen molar-refractivity contribution in [2.24, 2.45) is 0 Å². The van der Waals surface area contributed by atoms with Crippen LogP contribution in [-0.4, -0.2) is 72.5 Å². The van der Waals surface area contributed by atoms with Crippen molar-refractivity contribution >= 4 is 30.1 Å². The maximum Gasteiger partial charge on any atom is 0.335 e. The second-order valence-corrected chi connectivity index (χ2v) is 8.20. The van der Waals surface area contributed by atoms with E-state index in [9.17, 15) is 45.0 Å². The molecule has 1 aliphatic rings. The molecule has 6 N–H and O–H groups in total. The second kappa shape index (κ2) is 10.9. The molecule has 3 rings (SSSR count). The minimum atomic E-state index is -2.43. The average molecular weight is 500 g/mol. The third-order valence-corrected chi connectivity index (χ3v) is 5.44. The summed E-state index contributed by atoms with van der Waals surface area (Å²) in [5.74, 6) is -4.39. The maximum absolute atomic E-state index is 12.4. The van der Waals surface area contributed by atoms with E-state index in [1.807, 2.05) is 0 Å². The van der Waals surface area contributed by atoms with Crippen LogP contribution in [0.5, 0.6) is 17.2 Å². The second-order valence-electron chi connectivity index (χ2n) is 8.20. The standard InChI is InChI=1S/C25H24O11/c26-16-3-1-2-14(10-16)5-8-21(30)35-20-13-25(34,24(32)33)12-19(29)23(20)36-22(31)9-6-15-4-7-17(27)18(28)11-15/h1-11,19-20,23,26-29,34H,12-13H2,(H,32,33)/t19-,20+,23-,25+/m1/s1. The molecular weight excluding hydrogens is 476 g/mol. The number of phenolic OH excluding ortho intramolecular Hbond substituents is 3. The van der Waals surface area contributed by atoms with Gasteiger partial charge in [-0.05, 0) is 47.5 Å². The molecule has 11 heteroatoms. The Balaban J connectivity index is 1.75. The van der Waals surface area contributed by atoms with Crippen molar-refractivity contribution in [1.82, 2.24) is 0 Å². The van der Waals surface area contributed by atoms with Gasteiger partial charge in [-0.15, -0.1) is 0 Å². The number of ether oxygens (including phenoxy) is 2. The molecule has 0 radical (unpaired) electrons. The Morgan fingerprint density at radius 2 is 1.50 bits per heavy atom. The minimum Gasteiger partial charge on any atom is -0.508 e. The topological polar surface area (TPSA) is 191 Å². The lowest BCUT2D eigenvalue weighted by Gasteiger charge is -2.40. The van der Waals surface area contributed by atoms with Gasteiger partial charge in [0.25, 0.3) is 0 Å². The zero-order chi connectivity index (χ0) is 26.5. The van der Waals surface area contributed by atoms with E-state index >= 15 is 0 Å². The van der Waals surface area contributed by atoms with Gasteiger partial charge >= 0.3 is 17.9 Å². The number of esters is 2. The molecule has 2 aromatic rings. The Bertz CT molecular complexity index is 1200. The number of carboxylic acids is 1. The summed E-state index contributed by atoms with van der Waals surface area (Å²) in [6.45, 7) is 0. The van der Waals surface area contributed by atoms with E-state index in [4.69, 9.17) is 9.47 Å². The van der Waals surface area contributed by atoms with Gasteiger partial charge in [0, 0.05) is 25.0 Å². The summed E-state index contributed by atoms with van der Waals surface area (Å²) < 4.78 is 10.4. The van der Waals surface area contributed by atoms with Crippen molar-refractivity contribution in [2.45, 2.75) is 36.8 Å². The third kappa shape index (κ3) is 6.62. The normalized spacial score (nSPS) is 24.0. The number of hydrogen-bond donors (Lipinski definition) is 6. The first-order valence-corrected chi connectivity index (χ1v) is 10.7. The molecule has 0 amide bonds. The molecule has 0 aliphatic heterocycles. The molecule has 11 nitrogen and oxygen atoms in total. The lowest BCUT2D eigenvalue weighted by molar-refractivity contribution is -0.204. The van der Waals surface area contributed by atoms with Gasteiger partial charge in [-0.2, -0.15) is 0 Å². The Hall–Kier alpha value is -4.35. The highest BCUT2D eigenvalue weighted by Gasteiger charge is 2.52. The highest BCUT2D eigenvalue weighted by atomic mass is 16.6. The number of hydrogen-bond acceptors (Lipinski definition) is 10. The summed E-state index contributed by atoms with van der Waals surface area (Å²) in [5.41, 5.74) is -1.63. The van der Waals surface area contributed by atoms with E-state index in [2.05, 4.69) is 0 Å². The van der Waals surface area contributed by atoms with Gasteiger partial charge in [0.05, 0.1) is 6.10 Å². The number of carboxylic acid groups (broad SMARTS) is 1. The van der Waals surface area contributed by atoms with Crippen molar-refractivity contribution in [3.8, 4) is 17.2 Å². The van der Waals surface area contributed by atoms with Gasteiger partial charge in [0.2, 0.25) is 0 Å². The van der Waals surface area contributed by atoms with Crippen LogP contribution in [-0.2, 0) is 23.9 Å². The van der Waals surface area contributed by atoms with Crippen molar-refractivity contribution in [3.05, 3.63) is 65.7 Å². The van der Waals surface area contributed by atoms with Crippen LogP contribution in [0.4, 0.5) is 0 Å². The SMILES string of the molecule is O=C(C=Cc1ccc(O)c(O)c1)O[C@@H]1[C@H](O)C[C@@](O)(C(=O)O)C[C@@H]1OC(=O)C=Cc1cccc(O)c1. The van der Waals surface area contributed by atoms with E-state index in [1.54, 1.807) is 12.1 Å². The molecule has 0 saturated heterocycles. The monoisotopic (exact) mass is 500 g/mol.